The molecule has 1 heteroatoms. The molecular formula is C10H21N. The van der Waals surface area contributed by atoms with Gasteiger partial charge in [0, 0.05) is 5.70 Å². The first-order valence-electron chi connectivity index (χ1n) is 4.41. The normalized spacial score (nSPS) is 9.64. The summed E-state index contributed by atoms with van der Waals surface area (Å²) in [7, 11) is 0. The van der Waals surface area contributed by atoms with E-state index in [2.05, 4.69) is 31.8 Å². The lowest BCUT2D eigenvalue weighted by Gasteiger charge is -2.00. The molecule has 1 N–H and O–H groups in total. The van der Waals surface area contributed by atoms with Crippen LogP contribution in [0.5, 0.6) is 0 Å². The van der Waals surface area contributed by atoms with Crippen molar-refractivity contribution in [2.75, 3.05) is 0 Å². The minimum atomic E-state index is 1.06. The molecule has 0 aromatic carbocycles. The molecule has 0 saturated carbocycles. The minimum Gasteiger partial charge on any atom is -0.366 e. The van der Waals surface area contributed by atoms with Crippen LogP contribution in [0.3, 0.4) is 0 Å². The Kier molecular flexibility index (Phi) is 14.1. The third kappa shape index (κ3) is 9.28. The van der Waals surface area contributed by atoms with Crippen LogP contribution in [-0.4, -0.2) is 0 Å². The van der Waals surface area contributed by atoms with Crippen molar-refractivity contribution in [2.45, 2.75) is 40.5 Å². The second-order valence-electron chi connectivity index (χ2n) is 1.84. The van der Waals surface area contributed by atoms with Crippen LogP contribution in [0.4, 0.5) is 0 Å². The quantitative estimate of drug-likeness (QED) is 0.655. The van der Waals surface area contributed by atoms with Gasteiger partial charge in [0.2, 0.25) is 0 Å². The summed E-state index contributed by atoms with van der Waals surface area (Å²) >= 11 is 0. The Morgan fingerprint density at radius 2 is 1.91 bits per heavy atom. The van der Waals surface area contributed by atoms with Gasteiger partial charge in [-0.25, -0.2) is 0 Å². The lowest BCUT2D eigenvalue weighted by atomic mass is 10.3. The van der Waals surface area contributed by atoms with Crippen LogP contribution < -0.4 is 5.32 Å². The van der Waals surface area contributed by atoms with Crippen LogP contribution in [0.1, 0.15) is 40.5 Å². The first-order chi connectivity index (χ1) is 5.35. The van der Waals surface area contributed by atoms with Crippen molar-refractivity contribution in [3.63, 3.8) is 0 Å². The van der Waals surface area contributed by atoms with Crippen LogP contribution in [0.15, 0.2) is 24.6 Å². The van der Waals surface area contributed by atoms with Gasteiger partial charge in [-0.05, 0) is 19.0 Å². The monoisotopic (exact) mass is 155 g/mol. The van der Waals surface area contributed by atoms with Gasteiger partial charge in [-0.15, -0.1) is 0 Å². The lowest BCUT2D eigenvalue weighted by Crippen LogP contribution is -2.01. The Morgan fingerprint density at radius 1 is 1.36 bits per heavy atom. The van der Waals surface area contributed by atoms with E-state index in [9.17, 15) is 0 Å². The van der Waals surface area contributed by atoms with Crippen LogP contribution >= 0.6 is 0 Å². The molecule has 0 spiro atoms. The number of rotatable bonds is 4. The fourth-order valence-corrected chi connectivity index (χ4v) is 0.683. The summed E-state index contributed by atoms with van der Waals surface area (Å²) in [6.07, 6.45) is 6.02. The van der Waals surface area contributed by atoms with Crippen molar-refractivity contribution in [1.29, 1.82) is 0 Å². The number of hydrogen-bond acceptors (Lipinski definition) is 1. The summed E-state index contributed by atoms with van der Waals surface area (Å²) < 4.78 is 0. The summed E-state index contributed by atoms with van der Waals surface area (Å²) in [4.78, 5) is 0. The molecular weight excluding hydrogens is 134 g/mol. The summed E-state index contributed by atoms with van der Waals surface area (Å²) in [5, 5.41) is 3.06. The van der Waals surface area contributed by atoms with Crippen molar-refractivity contribution in [3.05, 3.63) is 24.6 Å². The van der Waals surface area contributed by atoms with E-state index in [1.165, 1.54) is 5.70 Å². The van der Waals surface area contributed by atoms with E-state index in [1.807, 2.05) is 13.8 Å². The van der Waals surface area contributed by atoms with Gasteiger partial charge in [0.25, 0.3) is 0 Å². The molecule has 0 aliphatic rings. The average Bonchev–Trinajstić information content (AvgIpc) is 2.08. The SMILES string of the molecule is C=CN/C(=C/CC)CC.CC. The van der Waals surface area contributed by atoms with E-state index in [0.717, 1.165) is 12.8 Å². The second kappa shape index (κ2) is 12.0. The first kappa shape index (κ1) is 12.9. The van der Waals surface area contributed by atoms with Gasteiger partial charge >= 0.3 is 0 Å². The number of nitrogens with one attached hydrogen (secondary N) is 1. The van der Waals surface area contributed by atoms with Gasteiger partial charge in [-0.1, -0.05) is 40.3 Å². The molecule has 11 heavy (non-hydrogen) atoms. The highest BCUT2D eigenvalue weighted by molar-refractivity contribution is 5.00. The number of hydrogen-bond donors (Lipinski definition) is 1. The zero-order chi connectivity index (χ0) is 9.11. The van der Waals surface area contributed by atoms with E-state index < -0.39 is 0 Å². The van der Waals surface area contributed by atoms with E-state index >= 15 is 0 Å². The van der Waals surface area contributed by atoms with E-state index in [4.69, 9.17) is 0 Å². The third-order valence-corrected chi connectivity index (χ3v) is 1.12. The maximum absolute atomic E-state index is 3.58. The van der Waals surface area contributed by atoms with Crippen molar-refractivity contribution < 1.29 is 0 Å². The summed E-state index contributed by atoms with van der Waals surface area (Å²) in [6, 6.07) is 0. The minimum absolute atomic E-state index is 1.06. The third-order valence-electron chi connectivity index (χ3n) is 1.12. The van der Waals surface area contributed by atoms with Crippen LogP contribution in [0, 0.1) is 0 Å². The smallest absolute Gasteiger partial charge is 0.0103 e. The highest BCUT2D eigenvalue weighted by Crippen LogP contribution is 1.96. The largest absolute Gasteiger partial charge is 0.366 e. The lowest BCUT2D eigenvalue weighted by molar-refractivity contribution is 0.925. The summed E-state index contributed by atoms with van der Waals surface area (Å²) in [5.41, 5.74) is 1.26. The molecule has 0 amide bonds. The second-order valence-corrected chi connectivity index (χ2v) is 1.84. The Hall–Kier alpha value is -0.720. The maximum atomic E-state index is 3.58. The van der Waals surface area contributed by atoms with Crippen molar-refractivity contribution >= 4 is 0 Å². The molecule has 0 bridgehead atoms. The molecule has 0 heterocycles. The van der Waals surface area contributed by atoms with Gasteiger partial charge < -0.3 is 5.32 Å². The van der Waals surface area contributed by atoms with Crippen molar-refractivity contribution in [1.82, 2.24) is 5.32 Å². The van der Waals surface area contributed by atoms with Crippen LogP contribution in [0.25, 0.3) is 0 Å². The molecule has 0 radical (unpaired) electrons. The van der Waals surface area contributed by atoms with Gasteiger partial charge in [0.15, 0.2) is 0 Å². The van der Waals surface area contributed by atoms with E-state index in [-0.39, 0.29) is 0 Å². The Labute approximate surface area is 71.2 Å². The molecule has 0 aliphatic heterocycles. The highest BCUT2D eigenvalue weighted by atomic mass is 14.8. The summed E-state index contributed by atoms with van der Waals surface area (Å²) in [6.45, 7) is 11.8. The van der Waals surface area contributed by atoms with Gasteiger partial charge in [-0.3, -0.25) is 0 Å². The molecule has 0 aliphatic carbocycles. The van der Waals surface area contributed by atoms with Gasteiger partial charge in [-0.2, -0.15) is 0 Å². The average molecular weight is 155 g/mol. The molecule has 0 aromatic rings. The maximum Gasteiger partial charge on any atom is 0.0103 e. The van der Waals surface area contributed by atoms with Crippen LogP contribution in [-0.2, 0) is 0 Å². The Bertz CT molecular complexity index is 103. The molecule has 0 saturated heterocycles. The van der Waals surface area contributed by atoms with Crippen molar-refractivity contribution in [3.8, 4) is 0 Å². The molecule has 0 fully saturated rings. The molecule has 0 atom stereocenters. The Balaban J connectivity index is 0. The molecule has 0 aromatic heterocycles. The Morgan fingerprint density at radius 3 is 2.18 bits per heavy atom. The molecule has 0 unspecified atom stereocenters. The fourth-order valence-electron chi connectivity index (χ4n) is 0.683. The summed E-state index contributed by atoms with van der Waals surface area (Å²) in [5.74, 6) is 0. The molecule has 1 nitrogen and oxygen atoms in total. The van der Waals surface area contributed by atoms with Gasteiger partial charge in [0.05, 0.1) is 0 Å². The highest BCUT2D eigenvalue weighted by Gasteiger charge is 1.84. The van der Waals surface area contributed by atoms with Crippen LogP contribution in [0.2, 0.25) is 0 Å². The fraction of sp³-hybridized carbons (Fsp3) is 0.600. The molecule has 66 valence electrons. The van der Waals surface area contributed by atoms with Crippen molar-refractivity contribution in [2.24, 2.45) is 0 Å². The van der Waals surface area contributed by atoms with E-state index in [1.54, 1.807) is 6.20 Å². The predicted molar refractivity (Wildman–Crippen MR) is 53.3 cm³/mol. The zero-order valence-electron chi connectivity index (χ0n) is 8.28. The first-order valence-corrected chi connectivity index (χ1v) is 4.41. The predicted octanol–water partition coefficient (Wildman–Crippen LogP) is 3.45. The molecule has 0 rings (SSSR count). The zero-order valence-corrected chi connectivity index (χ0v) is 8.28. The van der Waals surface area contributed by atoms with E-state index in [0.29, 0.717) is 0 Å². The van der Waals surface area contributed by atoms with Gasteiger partial charge in [0.1, 0.15) is 0 Å². The number of allylic oxidation sites excluding steroid dienone is 2. The standard InChI is InChI=1S/C8H15N.C2H6/c1-4-7-8(5-2)9-6-3;1-2/h6-7,9H,3-5H2,1-2H3;1-2H3/b8-7+;. The topological polar surface area (TPSA) is 12.0 Å².